The lowest BCUT2D eigenvalue weighted by molar-refractivity contribution is 0.00452. The van der Waals surface area contributed by atoms with Crippen molar-refractivity contribution in [2.75, 3.05) is 6.61 Å². The molecule has 0 saturated carbocycles. The van der Waals surface area contributed by atoms with Crippen LogP contribution in [0.15, 0.2) is 0 Å². The van der Waals surface area contributed by atoms with E-state index in [0.29, 0.717) is 18.3 Å². The molecule has 0 aliphatic carbocycles. The summed E-state index contributed by atoms with van der Waals surface area (Å²) < 4.78 is 11.0. The summed E-state index contributed by atoms with van der Waals surface area (Å²) in [7, 11) is 0. The molecule has 2 heteroatoms. The van der Waals surface area contributed by atoms with Gasteiger partial charge in [0, 0.05) is 6.61 Å². The molecule has 0 spiro atoms. The molecule has 0 rings (SSSR count). The highest BCUT2D eigenvalue weighted by Gasteiger charge is 2.04. The summed E-state index contributed by atoms with van der Waals surface area (Å²) in [6.45, 7) is 11.2. The minimum absolute atomic E-state index is 0.334. The van der Waals surface area contributed by atoms with Crippen LogP contribution in [-0.2, 0) is 9.47 Å². The Morgan fingerprint density at radius 1 is 0.923 bits per heavy atom. The molecule has 0 saturated heterocycles. The maximum absolute atomic E-state index is 5.60. The van der Waals surface area contributed by atoms with Crippen molar-refractivity contribution in [2.45, 2.75) is 65.8 Å². The summed E-state index contributed by atoms with van der Waals surface area (Å²) in [5.74, 6) is 0. The SMILES string of the molecule is CC(C)OCCCC(C)OC(C)C. The van der Waals surface area contributed by atoms with Gasteiger partial charge in [-0.05, 0) is 47.5 Å². The molecule has 2 nitrogen and oxygen atoms in total. The molecule has 1 atom stereocenters. The van der Waals surface area contributed by atoms with E-state index < -0.39 is 0 Å². The maximum atomic E-state index is 5.60. The van der Waals surface area contributed by atoms with Gasteiger partial charge in [-0.2, -0.15) is 0 Å². The van der Waals surface area contributed by atoms with Gasteiger partial charge in [-0.3, -0.25) is 0 Å². The Morgan fingerprint density at radius 3 is 2.00 bits per heavy atom. The van der Waals surface area contributed by atoms with Gasteiger partial charge < -0.3 is 9.47 Å². The molecule has 0 radical (unpaired) electrons. The average Bonchev–Trinajstić information content (AvgIpc) is 1.96. The van der Waals surface area contributed by atoms with E-state index in [1.807, 2.05) is 0 Å². The van der Waals surface area contributed by atoms with Crippen molar-refractivity contribution in [1.29, 1.82) is 0 Å². The summed E-state index contributed by atoms with van der Waals surface area (Å²) >= 11 is 0. The highest BCUT2D eigenvalue weighted by Crippen LogP contribution is 2.05. The Balaban J connectivity index is 3.22. The van der Waals surface area contributed by atoms with Gasteiger partial charge in [0.25, 0.3) is 0 Å². The second kappa shape index (κ2) is 7.34. The largest absolute Gasteiger partial charge is 0.379 e. The number of ether oxygens (including phenoxy) is 2. The van der Waals surface area contributed by atoms with Crippen molar-refractivity contribution in [3.8, 4) is 0 Å². The minimum atomic E-state index is 0.334. The van der Waals surface area contributed by atoms with E-state index in [4.69, 9.17) is 9.47 Å². The van der Waals surface area contributed by atoms with Crippen LogP contribution in [0.5, 0.6) is 0 Å². The van der Waals surface area contributed by atoms with Crippen LogP contribution < -0.4 is 0 Å². The van der Waals surface area contributed by atoms with Crippen LogP contribution in [-0.4, -0.2) is 24.9 Å². The van der Waals surface area contributed by atoms with Gasteiger partial charge in [-0.25, -0.2) is 0 Å². The van der Waals surface area contributed by atoms with Crippen LogP contribution in [0.25, 0.3) is 0 Å². The normalized spacial score (nSPS) is 14.1. The van der Waals surface area contributed by atoms with Crippen LogP contribution >= 0.6 is 0 Å². The Kier molecular flexibility index (Phi) is 7.29. The smallest absolute Gasteiger partial charge is 0.0551 e. The fourth-order valence-corrected chi connectivity index (χ4v) is 1.22. The molecule has 0 N–H and O–H groups in total. The first kappa shape index (κ1) is 12.9. The van der Waals surface area contributed by atoms with E-state index in [2.05, 4.69) is 34.6 Å². The van der Waals surface area contributed by atoms with Crippen LogP contribution in [0, 0.1) is 0 Å². The maximum Gasteiger partial charge on any atom is 0.0551 e. The van der Waals surface area contributed by atoms with Crippen molar-refractivity contribution < 1.29 is 9.47 Å². The average molecular weight is 188 g/mol. The highest BCUT2D eigenvalue weighted by atomic mass is 16.5. The predicted octanol–water partition coefficient (Wildman–Crippen LogP) is 3.01. The molecule has 0 aliphatic rings. The molecule has 0 bridgehead atoms. The first-order chi connectivity index (χ1) is 6.02. The molecule has 0 amide bonds. The van der Waals surface area contributed by atoms with Gasteiger partial charge in [0.2, 0.25) is 0 Å². The number of hydrogen-bond acceptors (Lipinski definition) is 2. The summed E-state index contributed by atoms with van der Waals surface area (Å²) in [5.41, 5.74) is 0. The summed E-state index contributed by atoms with van der Waals surface area (Å²) in [5, 5.41) is 0. The predicted molar refractivity (Wildman–Crippen MR) is 56.0 cm³/mol. The van der Waals surface area contributed by atoms with Gasteiger partial charge in [0.05, 0.1) is 18.3 Å². The molecular formula is C11H24O2. The summed E-state index contributed by atoms with van der Waals surface area (Å²) in [6, 6.07) is 0. The van der Waals surface area contributed by atoms with E-state index in [9.17, 15) is 0 Å². The zero-order valence-corrected chi connectivity index (χ0v) is 9.67. The van der Waals surface area contributed by atoms with Gasteiger partial charge in [0.15, 0.2) is 0 Å². The van der Waals surface area contributed by atoms with Gasteiger partial charge >= 0.3 is 0 Å². The third kappa shape index (κ3) is 9.84. The first-order valence-corrected chi connectivity index (χ1v) is 5.29. The monoisotopic (exact) mass is 188 g/mol. The highest BCUT2D eigenvalue weighted by molar-refractivity contribution is 4.52. The molecular weight excluding hydrogens is 164 g/mol. The topological polar surface area (TPSA) is 18.5 Å². The third-order valence-corrected chi connectivity index (χ3v) is 1.71. The van der Waals surface area contributed by atoms with Crippen molar-refractivity contribution in [2.24, 2.45) is 0 Å². The van der Waals surface area contributed by atoms with Crippen molar-refractivity contribution in [1.82, 2.24) is 0 Å². The van der Waals surface area contributed by atoms with Crippen molar-refractivity contribution in [3.05, 3.63) is 0 Å². The van der Waals surface area contributed by atoms with Gasteiger partial charge in [0.1, 0.15) is 0 Å². The lowest BCUT2D eigenvalue weighted by atomic mass is 10.2. The van der Waals surface area contributed by atoms with Crippen LogP contribution in [0.2, 0.25) is 0 Å². The molecule has 13 heavy (non-hydrogen) atoms. The summed E-state index contributed by atoms with van der Waals surface area (Å²) in [4.78, 5) is 0. The Morgan fingerprint density at radius 2 is 1.54 bits per heavy atom. The minimum Gasteiger partial charge on any atom is -0.379 e. The van der Waals surface area contributed by atoms with E-state index in [0.717, 1.165) is 19.4 Å². The number of rotatable bonds is 7. The zero-order valence-electron chi connectivity index (χ0n) is 9.67. The fourth-order valence-electron chi connectivity index (χ4n) is 1.22. The quantitative estimate of drug-likeness (QED) is 0.572. The summed E-state index contributed by atoms with van der Waals surface area (Å²) in [6.07, 6.45) is 3.22. The standard InChI is InChI=1S/C11H24O2/c1-9(2)12-8-6-7-11(5)13-10(3)4/h9-11H,6-8H2,1-5H3. The second-order valence-electron chi connectivity index (χ2n) is 4.06. The van der Waals surface area contributed by atoms with E-state index in [1.54, 1.807) is 0 Å². The Bertz CT molecular complexity index is 111. The molecule has 0 fully saturated rings. The van der Waals surface area contributed by atoms with Crippen molar-refractivity contribution in [3.63, 3.8) is 0 Å². The molecule has 0 aromatic carbocycles. The van der Waals surface area contributed by atoms with E-state index in [1.165, 1.54) is 0 Å². The lowest BCUT2D eigenvalue weighted by Gasteiger charge is -2.16. The molecule has 80 valence electrons. The first-order valence-electron chi connectivity index (χ1n) is 5.29. The van der Waals surface area contributed by atoms with Gasteiger partial charge in [-0.1, -0.05) is 0 Å². The van der Waals surface area contributed by atoms with E-state index in [-0.39, 0.29) is 0 Å². The Hall–Kier alpha value is -0.0800. The van der Waals surface area contributed by atoms with E-state index >= 15 is 0 Å². The molecule has 0 aromatic rings. The third-order valence-electron chi connectivity index (χ3n) is 1.71. The number of hydrogen-bond donors (Lipinski definition) is 0. The zero-order chi connectivity index (χ0) is 10.3. The van der Waals surface area contributed by atoms with Gasteiger partial charge in [-0.15, -0.1) is 0 Å². The lowest BCUT2D eigenvalue weighted by Crippen LogP contribution is -2.15. The fraction of sp³-hybridized carbons (Fsp3) is 1.00. The van der Waals surface area contributed by atoms with Crippen LogP contribution in [0.4, 0.5) is 0 Å². The second-order valence-corrected chi connectivity index (χ2v) is 4.06. The molecule has 1 unspecified atom stereocenters. The van der Waals surface area contributed by atoms with Crippen LogP contribution in [0.1, 0.15) is 47.5 Å². The molecule has 0 aliphatic heterocycles. The Labute approximate surface area is 82.6 Å². The van der Waals surface area contributed by atoms with Crippen molar-refractivity contribution >= 4 is 0 Å². The van der Waals surface area contributed by atoms with Crippen LogP contribution in [0.3, 0.4) is 0 Å². The molecule has 0 heterocycles. The molecule has 0 aromatic heterocycles.